The van der Waals surface area contributed by atoms with Gasteiger partial charge in [0, 0.05) is 0 Å². The minimum absolute atomic E-state index is 0.111. The summed E-state index contributed by atoms with van der Waals surface area (Å²) in [5.41, 5.74) is 0.183. The van der Waals surface area contributed by atoms with Crippen LogP contribution in [0.2, 0.25) is 0 Å². The third-order valence-electron chi connectivity index (χ3n) is 1.31. The molecule has 1 unspecified atom stereocenters. The SMILES string of the molecule is CC(C)(C)CC(CON)ON. The van der Waals surface area contributed by atoms with Crippen molar-refractivity contribution in [3.63, 3.8) is 0 Å². The zero-order valence-electron chi connectivity index (χ0n) is 7.46. The summed E-state index contributed by atoms with van der Waals surface area (Å²) >= 11 is 0. The van der Waals surface area contributed by atoms with E-state index >= 15 is 0 Å². The lowest BCUT2D eigenvalue weighted by Gasteiger charge is -2.23. The molecule has 11 heavy (non-hydrogen) atoms. The van der Waals surface area contributed by atoms with E-state index in [9.17, 15) is 0 Å². The highest BCUT2D eigenvalue weighted by Crippen LogP contribution is 2.21. The molecule has 0 aliphatic carbocycles. The van der Waals surface area contributed by atoms with Crippen molar-refractivity contribution in [1.29, 1.82) is 0 Å². The molecule has 4 heteroatoms. The van der Waals surface area contributed by atoms with Gasteiger partial charge in [-0.25, -0.2) is 11.8 Å². The van der Waals surface area contributed by atoms with Gasteiger partial charge in [-0.05, 0) is 11.8 Å². The Bertz CT molecular complexity index is 101. The Morgan fingerprint density at radius 2 is 1.82 bits per heavy atom. The number of hydrogen-bond donors (Lipinski definition) is 2. The van der Waals surface area contributed by atoms with Crippen LogP contribution in [0.1, 0.15) is 27.2 Å². The topological polar surface area (TPSA) is 70.5 Å². The first-order valence-electron chi connectivity index (χ1n) is 3.67. The minimum atomic E-state index is -0.111. The van der Waals surface area contributed by atoms with E-state index in [1.165, 1.54) is 0 Å². The molecule has 0 aliphatic heterocycles. The quantitative estimate of drug-likeness (QED) is 0.593. The molecule has 0 aromatic rings. The standard InChI is InChI=1S/C7H18N2O2/c1-7(2,3)4-6(11-9)5-10-8/h6H,4-5,8-9H2,1-3H3. The van der Waals surface area contributed by atoms with E-state index in [2.05, 4.69) is 30.4 Å². The number of nitrogens with two attached hydrogens (primary N) is 2. The first-order chi connectivity index (χ1) is 4.99. The van der Waals surface area contributed by atoms with Crippen LogP contribution in [-0.4, -0.2) is 12.7 Å². The lowest BCUT2D eigenvalue weighted by atomic mass is 9.89. The summed E-state index contributed by atoms with van der Waals surface area (Å²) in [6.07, 6.45) is 0.723. The molecule has 0 aliphatic rings. The van der Waals surface area contributed by atoms with Crippen LogP contribution >= 0.6 is 0 Å². The van der Waals surface area contributed by atoms with Crippen LogP contribution in [0.5, 0.6) is 0 Å². The second-order valence-corrected chi connectivity index (χ2v) is 3.86. The van der Waals surface area contributed by atoms with Crippen molar-refractivity contribution in [3.05, 3.63) is 0 Å². The first kappa shape index (κ1) is 10.8. The predicted octanol–water partition coefficient (Wildman–Crippen LogP) is 0.572. The van der Waals surface area contributed by atoms with Crippen molar-refractivity contribution < 1.29 is 9.68 Å². The van der Waals surface area contributed by atoms with Gasteiger partial charge in [0.25, 0.3) is 0 Å². The molecule has 0 aromatic heterocycles. The van der Waals surface area contributed by atoms with Crippen molar-refractivity contribution in [3.8, 4) is 0 Å². The molecule has 1 atom stereocenters. The summed E-state index contributed by atoms with van der Waals surface area (Å²) in [6, 6.07) is 0. The molecular weight excluding hydrogens is 144 g/mol. The molecule has 0 amide bonds. The molecule has 0 saturated carbocycles. The molecule has 0 rings (SSSR count). The van der Waals surface area contributed by atoms with Crippen LogP contribution in [0.4, 0.5) is 0 Å². The molecule has 4 nitrogen and oxygen atoms in total. The monoisotopic (exact) mass is 162 g/mol. The molecule has 0 spiro atoms. The lowest BCUT2D eigenvalue weighted by Crippen LogP contribution is -2.29. The fourth-order valence-corrected chi connectivity index (χ4v) is 0.937. The van der Waals surface area contributed by atoms with Crippen molar-refractivity contribution in [2.24, 2.45) is 17.2 Å². The fourth-order valence-electron chi connectivity index (χ4n) is 0.937. The van der Waals surface area contributed by atoms with E-state index in [0.717, 1.165) is 6.42 Å². The van der Waals surface area contributed by atoms with Gasteiger partial charge in [-0.3, -0.25) is 4.84 Å². The van der Waals surface area contributed by atoms with E-state index in [1.807, 2.05) is 0 Å². The molecule has 68 valence electrons. The Morgan fingerprint density at radius 3 is 2.09 bits per heavy atom. The van der Waals surface area contributed by atoms with Gasteiger partial charge >= 0.3 is 0 Å². The summed E-state index contributed by atoms with van der Waals surface area (Å²) < 4.78 is 0. The smallest absolute Gasteiger partial charge is 0.104 e. The third-order valence-corrected chi connectivity index (χ3v) is 1.31. The molecule has 4 N–H and O–H groups in total. The average Bonchev–Trinajstić information content (AvgIpc) is 1.84. The molecule has 0 bridgehead atoms. The van der Waals surface area contributed by atoms with E-state index in [0.29, 0.717) is 6.61 Å². The van der Waals surface area contributed by atoms with Crippen LogP contribution in [0.25, 0.3) is 0 Å². The lowest BCUT2D eigenvalue weighted by molar-refractivity contribution is -0.0368. The van der Waals surface area contributed by atoms with Gasteiger partial charge in [-0.1, -0.05) is 20.8 Å². The summed E-state index contributed by atoms with van der Waals surface area (Å²) in [6.45, 7) is 6.66. The van der Waals surface area contributed by atoms with Gasteiger partial charge in [0.15, 0.2) is 0 Å². The van der Waals surface area contributed by atoms with Gasteiger partial charge in [0.1, 0.15) is 6.10 Å². The second kappa shape index (κ2) is 4.66. The molecule has 0 radical (unpaired) electrons. The zero-order valence-corrected chi connectivity index (χ0v) is 7.46. The van der Waals surface area contributed by atoms with E-state index in [4.69, 9.17) is 11.8 Å². The van der Waals surface area contributed by atoms with Crippen LogP contribution in [-0.2, 0) is 9.68 Å². The molecule has 0 heterocycles. The maximum atomic E-state index is 5.03. The largest absolute Gasteiger partial charge is 0.302 e. The van der Waals surface area contributed by atoms with Crippen LogP contribution in [0, 0.1) is 5.41 Å². The summed E-state index contributed by atoms with van der Waals surface area (Å²) in [4.78, 5) is 9.10. The van der Waals surface area contributed by atoms with E-state index in [-0.39, 0.29) is 11.5 Å². The molecule has 0 saturated heterocycles. The highest BCUT2D eigenvalue weighted by Gasteiger charge is 2.18. The average molecular weight is 162 g/mol. The second-order valence-electron chi connectivity index (χ2n) is 3.86. The van der Waals surface area contributed by atoms with Crippen molar-refractivity contribution in [2.45, 2.75) is 33.3 Å². The number of rotatable bonds is 4. The Morgan fingerprint density at radius 1 is 1.27 bits per heavy atom. The Hall–Kier alpha value is -0.160. The summed E-state index contributed by atoms with van der Waals surface area (Å²) in [5, 5.41) is 0. The number of hydrogen-bond acceptors (Lipinski definition) is 4. The minimum Gasteiger partial charge on any atom is -0.302 e. The molecule has 0 aromatic carbocycles. The van der Waals surface area contributed by atoms with Gasteiger partial charge in [-0.15, -0.1) is 0 Å². The Kier molecular flexibility index (Phi) is 4.60. The maximum Gasteiger partial charge on any atom is 0.104 e. The molecular formula is C7H18N2O2. The normalized spacial score (nSPS) is 15.0. The van der Waals surface area contributed by atoms with Crippen LogP contribution in [0.15, 0.2) is 0 Å². The predicted molar refractivity (Wildman–Crippen MR) is 43.3 cm³/mol. The highest BCUT2D eigenvalue weighted by atomic mass is 16.7. The van der Waals surface area contributed by atoms with Crippen LogP contribution < -0.4 is 11.8 Å². The highest BCUT2D eigenvalue weighted by molar-refractivity contribution is 4.68. The Labute approximate surface area is 67.7 Å². The van der Waals surface area contributed by atoms with Crippen molar-refractivity contribution in [1.82, 2.24) is 0 Å². The van der Waals surface area contributed by atoms with E-state index in [1.54, 1.807) is 0 Å². The Balaban J connectivity index is 3.68. The fraction of sp³-hybridized carbons (Fsp3) is 1.00. The van der Waals surface area contributed by atoms with Crippen LogP contribution in [0.3, 0.4) is 0 Å². The molecule has 0 fully saturated rings. The maximum absolute atomic E-state index is 5.03. The first-order valence-corrected chi connectivity index (χ1v) is 3.67. The van der Waals surface area contributed by atoms with Gasteiger partial charge in [0.05, 0.1) is 6.61 Å². The van der Waals surface area contributed by atoms with Gasteiger partial charge in [0.2, 0.25) is 0 Å². The zero-order chi connectivity index (χ0) is 8.91. The van der Waals surface area contributed by atoms with Crippen molar-refractivity contribution >= 4 is 0 Å². The van der Waals surface area contributed by atoms with Crippen molar-refractivity contribution in [2.75, 3.05) is 6.61 Å². The van der Waals surface area contributed by atoms with Gasteiger partial charge in [-0.2, -0.15) is 0 Å². The third kappa shape index (κ3) is 6.25. The summed E-state index contributed by atoms with van der Waals surface area (Å²) in [7, 11) is 0. The van der Waals surface area contributed by atoms with E-state index < -0.39 is 0 Å². The van der Waals surface area contributed by atoms with Gasteiger partial charge < -0.3 is 4.84 Å². The summed E-state index contributed by atoms with van der Waals surface area (Å²) in [5.74, 6) is 9.92.